The van der Waals surface area contributed by atoms with Gasteiger partial charge in [0, 0.05) is 25.3 Å². The maximum Gasteiger partial charge on any atom is 0.281 e. The van der Waals surface area contributed by atoms with Crippen molar-refractivity contribution in [2.75, 3.05) is 25.4 Å². The standard InChI is InChI=1S/C13H22N2O3S/c16-10-13(5-2-1-3-6-13)14-11(17)4-7-15-8-9-19-12(15)18/h16H,1-10H2,(H,14,17). The van der Waals surface area contributed by atoms with Crippen LogP contribution in [0.2, 0.25) is 0 Å². The smallest absolute Gasteiger partial charge is 0.281 e. The average Bonchev–Trinajstić information content (AvgIpc) is 2.83. The van der Waals surface area contributed by atoms with Crippen LogP contribution in [-0.4, -0.2) is 52.1 Å². The summed E-state index contributed by atoms with van der Waals surface area (Å²) in [7, 11) is 0. The number of carbonyl (C=O) groups excluding carboxylic acids is 2. The van der Waals surface area contributed by atoms with Gasteiger partial charge in [0.25, 0.3) is 5.24 Å². The molecule has 0 atom stereocenters. The Morgan fingerprint density at radius 1 is 1.37 bits per heavy atom. The summed E-state index contributed by atoms with van der Waals surface area (Å²) in [5, 5.41) is 12.6. The second-order valence-electron chi connectivity index (χ2n) is 5.40. The van der Waals surface area contributed by atoms with E-state index in [-0.39, 0.29) is 17.8 Å². The van der Waals surface area contributed by atoms with Crippen LogP contribution in [0.3, 0.4) is 0 Å². The van der Waals surface area contributed by atoms with Crippen LogP contribution in [0.25, 0.3) is 0 Å². The Morgan fingerprint density at radius 3 is 2.68 bits per heavy atom. The van der Waals surface area contributed by atoms with E-state index in [4.69, 9.17) is 0 Å². The van der Waals surface area contributed by atoms with Crippen molar-refractivity contribution in [1.29, 1.82) is 0 Å². The molecular weight excluding hydrogens is 264 g/mol. The minimum absolute atomic E-state index is 0.0111. The Kier molecular flexibility index (Phi) is 5.10. The lowest BCUT2D eigenvalue weighted by atomic mass is 9.82. The maximum atomic E-state index is 12.0. The summed E-state index contributed by atoms with van der Waals surface area (Å²) < 4.78 is 0. The van der Waals surface area contributed by atoms with Gasteiger partial charge in [-0.15, -0.1) is 0 Å². The van der Waals surface area contributed by atoms with Crippen molar-refractivity contribution in [1.82, 2.24) is 10.2 Å². The molecule has 2 fully saturated rings. The van der Waals surface area contributed by atoms with Gasteiger partial charge in [0.05, 0.1) is 12.1 Å². The van der Waals surface area contributed by atoms with Crippen molar-refractivity contribution in [3.63, 3.8) is 0 Å². The van der Waals surface area contributed by atoms with Crippen molar-refractivity contribution >= 4 is 22.9 Å². The summed E-state index contributed by atoms with van der Waals surface area (Å²) in [6.45, 7) is 1.23. The third kappa shape index (κ3) is 3.86. The van der Waals surface area contributed by atoms with Gasteiger partial charge in [0.2, 0.25) is 5.91 Å². The van der Waals surface area contributed by atoms with Gasteiger partial charge < -0.3 is 15.3 Å². The first-order valence-electron chi connectivity index (χ1n) is 6.99. The first kappa shape index (κ1) is 14.7. The molecule has 0 radical (unpaired) electrons. The number of aliphatic hydroxyl groups is 1. The normalized spacial score (nSPS) is 22.6. The van der Waals surface area contributed by atoms with Crippen LogP contribution in [0.1, 0.15) is 38.5 Å². The average molecular weight is 286 g/mol. The second-order valence-corrected chi connectivity index (χ2v) is 6.44. The van der Waals surface area contributed by atoms with Crippen LogP contribution < -0.4 is 5.32 Å². The quantitative estimate of drug-likeness (QED) is 0.800. The molecule has 2 N–H and O–H groups in total. The summed E-state index contributed by atoms with van der Waals surface area (Å²) >= 11 is 1.31. The maximum absolute atomic E-state index is 12.0. The molecular formula is C13H22N2O3S. The zero-order valence-electron chi connectivity index (χ0n) is 11.2. The third-order valence-corrected chi connectivity index (χ3v) is 4.86. The highest BCUT2D eigenvalue weighted by Gasteiger charge is 2.33. The minimum Gasteiger partial charge on any atom is -0.394 e. The first-order chi connectivity index (χ1) is 9.15. The van der Waals surface area contributed by atoms with Crippen molar-refractivity contribution < 1.29 is 14.7 Å². The molecule has 0 aromatic heterocycles. The fraction of sp³-hybridized carbons (Fsp3) is 0.846. The fourth-order valence-corrected chi connectivity index (χ4v) is 3.63. The van der Waals surface area contributed by atoms with E-state index >= 15 is 0 Å². The molecule has 108 valence electrons. The molecule has 1 saturated heterocycles. The predicted molar refractivity (Wildman–Crippen MR) is 75.1 cm³/mol. The molecule has 1 heterocycles. The third-order valence-electron chi connectivity index (χ3n) is 3.97. The van der Waals surface area contributed by atoms with Gasteiger partial charge in [0.15, 0.2) is 0 Å². The van der Waals surface area contributed by atoms with Crippen molar-refractivity contribution in [2.45, 2.75) is 44.1 Å². The molecule has 1 saturated carbocycles. The van der Waals surface area contributed by atoms with Crippen molar-refractivity contribution in [3.8, 4) is 0 Å². The zero-order chi connectivity index (χ0) is 13.7. The van der Waals surface area contributed by atoms with E-state index in [0.717, 1.165) is 38.0 Å². The molecule has 1 aliphatic heterocycles. The number of carbonyl (C=O) groups is 2. The molecule has 0 aromatic rings. The van der Waals surface area contributed by atoms with Gasteiger partial charge in [-0.05, 0) is 12.8 Å². The largest absolute Gasteiger partial charge is 0.394 e. The number of thioether (sulfide) groups is 1. The summed E-state index contributed by atoms with van der Waals surface area (Å²) in [5.74, 6) is 0.766. The highest BCUT2D eigenvalue weighted by atomic mass is 32.2. The lowest BCUT2D eigenvalue weighted by Gasteiger charge is -2.36. The molecule has 2 rings (SSSR count). The summed E-state index contributed by atoms with van der Waals surface area (Å²) in [6.07, 6.45) is 5.33. The number of hydrogen-bond acceptors (Lipinski definition) is 4. The van der Waals surface area contributed by atoms with Crippen LogP contribution in [0.5, 0.6) is 0 Å². The highest BCUT2D eigenvalue weighted by Crippen LogP contribution is 2.27. The SMILES string of the molecule is O=C(CCN1CCSC1=O)NC1(CO)CCCCC1. The predicted octanol–water partition coefficient (Wildman–Crippen LogP) is 1.36. The van der Waals surface area contributed by atoms with E-state index in [1.807, 2.05) is 0 Å². The monoisotopic (exact) mass is 286 g/mol. The Bertz CT molecular complexity index is 343. The van der Waals surface area contributed by atoms with Gasteiger partial charge in [-0.2, -0.15) is 0 Å². The first-order valence-corrected chi connectivity index (χ1v) is 7.97. The van der Waals surface area contributed by atoms with Crippen LogP contribution in [0.4, 0.5) is 4.79 Å². The number of nitrogens with one attached hydrogen (secondary N) is 1. The Labute approximate surface area is 118 Å². The number of rotatable bonds is 5. The topological polar surface area (TPSA) is 69.6 Å². The highest BCUT2D eigenvalue weighted by molar-refractivity contribution is 8.13. The summed E-state index contributed by atoms with van der Waals surface area (Å²) in [4.78, 5) is 25.1. The van der Waals surface area contributed by atoms with E-state index in [2.05, 4.69) is 5.32 Å². The van der Waals surface area contributed by atoms with Crippen LogP contribution in [0.15, 0.2) is 0 Å². The van der Waals surface area contributed by atoms with Gasteiger partial charge >= 0.3 is 0 Å². The molecule has 5 nitrogen and oxygen atoms in total. The van der Waals surface area contributed by atoms with Crippen LogP contribution >= 0.6 is 11.8 Å². The molecule has 0 spiro atoms. The molecule has 1 aliphatic carbocycles. The Morgan fingerprint density at radius 2 is 2.11 bits per heavy atom. The molecule has 19 heavy (non-hydrogen) atoms. The lowest BCUT2D eigenvalue weighted by Crippen LogP contribution is -2.53. The number of hydrogen-bond donors (Lipinski definition) is 2. The van der Waals surface area contributed by atoms with Crippen molar-refractivity contribution in [3.05, 3.63) is 0 Å². The molecule has 0 unspecified atom stereocenters. The van der Waals surface area contributed by atoms with Gasteiger partial charge in [-0.3, -0.25) is 9.59 Å². The Hall–Kier alpha value is -0.750. The molecule has 0 aromatic carbocycles. The van der Waals surface area contributed by atoms with E-state index < -0.39 is 5.54 Å². The van der Waals surface area contributed by atoms with E-state index in [1.165, 1.54) is 18.2 Å². The number of amides is 2. The van der Waals surface area contributed by atoms with Crippen LogP contribution in [-0.2, 0) is 4.79 Å². The van der Waals surface area contributed by atoms with E-state index in [0.29, 0.717) is 13.0 Å². The molecule has 2 amide bonds. The zero-order valence-corrected chi connectivity index (χ0v) is 12.0. The van der Waals surface area contributed by atoms with Gasteiger partial charge in [-0.1, -0.05) is 31.0 Å². The molecule has 2 aliphatic rings. The van der Waals surface area contributed by atoms with Gasteiger partial charge in [-0.25, -0.2) is 0 Å². The summed E-state index contributed by atoms with van der Waals surface area (Å²) in [5.41, 5.74) is -0.418. The Balaban J connectivity index is 1.77. The van der Waals surface area contributed by atoms with Crippen LogP contribution in [0, 0.1) is 0 Å². The summed E-state index contributed by atoms with van der Waals surface area (Å²) in [6, 6.07) is 0. The fourth-order valence-electron chi connectivity index (χ4n) is 2.77. The molecule has 6 heteroatoms. The number of aliphatic hydroxyl groups excluding tert-OH is 1. The van der Waals surface area contributed by atoms with E-state index in [1.54, 1.807) is 4.90 Å². The number of nitrogens with zero attached hydrogens (tertiary/aromatic N) is 1. The molecule has 0 bridgehead atoms. The van der Waals surface area contributed by atoms with E-state index in [9.17, 15) is 14.7 Å². The van der Waals surface area contributed by atoms with Gasteiger partial charge in [0.1, 0.15) is 0 Å². The lowest BCUT2D eigenvalue weighted by molar-refractivity contribution is -0.124. The second kappa shape index (κ2) is 6.61. The minimum atomic E-state index is -0.418. The van der Waals surface area contributed by atoms with Crippen molar-refractivity contribution in [2.24, 2.45) is 0 Å².